The number of sulfonamides is 1. The number of nitrogens with zero attached hydrogens (tertiary/aromatic N) is 5. The number of aryl methyl sites for hydroxylation is 1. The highest BCUT2D eigenvalue weighted by molar-refractivity contribution is 7.93. The SMILES string of the molecule is CCOC(=O)c1nnc(N=Nc2cc3c(cc2NS(=O)(=O)C(F)(F)F)N(C(C)C)C(CC)CC3)s1. The summed E-state index contributed by atoms with van der Waals surface area (Å²) in [5.41, 5.74) is -4.57. The number of carbonyl (C=O) groups is 1. The van der Waals surface area contributed by atoms with Crippen LogP contribution >= 0.6 is 11.3 Å². The molecule has 1 unspecified atom stereocenters. The zero-order chi connectivity index (χ0) is 26.0. The number of aromatic nitrogens is 2. The summed E-state index contributed by atoms with van der Waals surface area (Å²) in [4.78, 5) is 13.8. The van der Waals surface area contributed by atoms with Gasteiger partial charge in [-0.1, -0.05) is 18.3 Å². The van der Waals surface area contributed by atoms with E-state index in [4.69, 9.17) is 4.74 Å². The van der Waals surface area contributed by atoms with Crippen molar-refractivity contribution in [2.45, 2.75) is 64.5 Å². The van der Waals surface area contributed by atoms with Crippen LogP contribution in [0, 0.1) is 0 Å². The molecule has 0 radical (unpaired) electrons. The van der Waals surface area contributed by atoms with E-state index in [1.54, 1.807) is 11.6 Å². The maximum absolute atomic E-state index is 13.1. The Labute approximate surface area is 204 Å². The van der Waals surface area contributed by atoms with Crippen LogP contribution in [0.5, 0.6) is 0 Å². The van der Waals surface area contributed by atoms with E-state index in [0.29, 0.717) is 12.1 Å². The second kappa shape index (κ2) is 10.4. The lowest BCUT2D eigenvalue weighted by Gasteiger charge is -2.42. The van der Waals surface area contributed by atoms with Gasteiger partial charge in [0.1, 0.15) is 5.69 Å². The van der Waals surface area contributed by atoms with Gasteiger partial charge in [-0.05, 0) is 57.7 Å². The molecule has 0 fully saturated rings. The minimum absolute atomic E-state index is 0.0289. The molecule has 1 atom stereocenters. The Balaban J connectivity index is 2.06. The van der Waals surface area contributed by atoms with Gasteiger partial charge in [-0.3, -0.25) is 4.72 Å². The average molecular weight is 535 g/mol. The molecule has 1 aliphatic heterocycles. The summed E-state index contributed by atoms with van der Waals surface area (Å²) in [6.07, 6.45) is 2.28. The van der Waals surface area contributed by atoms with Crippen LogP contribution in [-0.4, -0.2) is 48.8 Å². The Morgan fingerprint density at radius 3 is 2.60 bits per heavy atom. The zero-order valence-electron chi connectivity index (χ0n) is 19.5. The lowest BCUT2D eigenvalue weighted by Crippen LogP contribution is -2.43. The van der Waals surface area contributed by atoms with E-state index >= 15 is 0 Å². The summed E-state index contributed by atoms with van der Waals surface area (Å²) in [5.74, 6) is -0.696. The van der Waals surface area contributed by atoms with Crippen molar-refractivity contribution in [2.75, 3.05) is 16.2 Å². The molecule has 0 saturated heterocycles. The molecule has 1 aliphatic rings. The van der Waals surface area contributed by atoms with Crippen LogP contribution in [0.25, 0.3) is 0 Å². The van der Waals surface area contributed by atoms with E-state index < -0.39 is 21.5 Å². The first kappa shape index (κ1) is 26.8. The van der Waals surface area contributed by atoms with Crippen LogP contribution in [0.15, 0.2) is 22.4 Å². The standard InChI is InChI=1S/C20H25F3N6O4S2/c1-5-13-8-7-12-9-14(24-26-19-27-25-17(34-19)18(30)33-6-2)15(10-16(12)29(13)11(3)4)28-35(31,32)20(21,22)23/h9-11,13,28H,5-8H2,1-4H3. The van der Waals surface area contributed by atoms with Crippen molar-refractivity contribution < 1.29 is 31.1 Å². The highest BCUT2D eigenvalue weighted by atomic mass is 32.2. The monoisotopic (exact) mass is 534 g/mol. The van der Waals surface area contributed by atoms with Crippen LogP contribution in [0.3, 0.4) is 0 Å². The molecule has 10 nitrogen and oxygen atoms in total. The number of anilines is 2. The predicted molar refractivity (Wildman–Crippen MR) is 125 cm³/mol. The number of alkyl halides is 3. The van der Waals surface area contributed by atoms with Gasteiger partial charge in [-0.15, -0.1) is 20.4 Å². The third-order valence-corrected chi connectivity index (χ3v) is 7.19. The van der Waals surface area contributed by atoms with Crippen molar-refractivity contribution in [3.63, 3.8) is 0 Å². The van der Waals surface area contributed by atoms with Crippen molar-refractivity contribution in [3.05, 3.63) is 22.7 Å². The van der Waals surface area contributed by atoms with Gasteiger partial charge in [0.2, 0.25) is 5.01 Å². The molecule has 192 valence electrons. The fourth-order valence-corrected chi connectivity index (χ4v) is 4.94. The number of rotatable bonds is 8. The minimum atomic E-state index is -5.71. The number of halogens is 3. The second-order valence-electron chi connectivity index (χ2n) is 7.96. The summed E-state index contributed by atoms with van der Waals surface area (Å²) in [6.45, 7) is 7.71. The van der Waals surface area contributed by atoms with E-state index in [0.717, 1.165) is 29.7 Å². The predicted octanol–water partition coefficient (Wildman–Crippen LogP) is 5.33. The first-order chi connectivity index (χ1) is 16.4. The number of ether oxygens (including phenoxy) is 1. The molecule has 0 spiro atoms. The summed E-state index contributed by atoms with van der Waals surface area (Å²) in [5, 5.41) is 15.0. The average Bonchev–Trinajstić information content (AvgIpc) is 3.25. The van der Waals surface area contributed by atoms with Gasteiger partial charge in [0.05, 0.1) is 12.3 Å². The number of nitrogens with one attached hydrogen (secondary N) is 1. The van der Waals surface area contributed by atoms with Crippen molar-refractivity contribution in [1.29, 1.82) is 0 Å². The highest BCUT2D eigenvalue weighted by Gasteiger charge is 2.46. The van der Waals surface area contributed by atoms with Crippen molar-refractivity contribution in [2.24, 2.45) is 10.2 Å². The molecule has 3 rings (SSSR count). The van der Waals surface area contributed by atoms with Crippen LogP contribution in [0.1, 0.15) is 55.9 Å². The Morgan fingerprint density at radius 1 is 1.29 bits per heavy atom. The lowest BCUT2D eigenvalue weighted by molar-refractivity contribution is -0.0429. The Hall–Kier alpha value is -2.81. The Bertz CT molecular complexity index is 1210. The van der Waals surface area contributed by atoms with Gasteiger partial charge in [0.25, 0.3) is 5.13 Å². The quantitative estimate of drug-likeness (QED) is 0.358. The van der Waals surface area contributed by atoms with Crippen LogP contribution in [0.2, 0.25) is 0 Å². The van der Waals surface area contributed by atoms with Gasteiger partial charge in [-0.25, -0.2) is 4.79 Å². The Kier molecular flexibility index (Phi) is 7.99. The van der Waals surface area contributed by atoms with Crippen molar-refractivity contribution >= 4 is 49.5 Å². The topological polar surface area (TPSA) is 126 Å². The second-order valence-corrected chi connectivity index (χ2v) is 10.6. The van der Waals surface area contributed by atoms with E-state index in [-0.39, 0.29) is 40.2 Å². The van der Waals surface area contributed by atoms with Crippen LogP contribution < -0.4 is 9.62 Å². The number of carbonyl (C=O) groups excluding carboxylic acids is 1. The molecule has 2 aromatic rings. The summed E-state index contributed by atoms with van der Waals surface area (Å²) in [7, 11) is -5.71. The third kappa shape index (κ3) is 5.89. The Morgan fingerprint density at radius 2 is 2.00 bits per heavy atom. The highest BCUT2D eigenvalue weighted by Crippen LogP contribution is 2.42. The first-order valence-electron chi connectivity index (χ1n) is 10.8. The zero-order valence-corrected chi connectivity index (χ0v) is 21.1. The smallest absolute Gasteiger partial charge is 0.461 e. The number of hydrogen-bond donors (Lipinski definition) is 1. The van der Waals surface area contributed by atoms with Gasteiger partial charge >= 0.3 is 21.5 Å². The largest absolute Gasteiger partial charge is 0.516 e. The van der Waals surface area contributed by atoms with Gasteiger partial charge in [-0.2, -0.15) is 21.6 Å². The molecule has 1 aromatic carbocycles. The summed E-state index contributed by atoms with van der Waals surface area (Å²) < 4.78 is 69.6. The summed E-state index contributed by atoms with van der Waals surface area (Å²) >= 11 is 0.776. The third-order valence-electron chi connectivity index (χ3n) is 5.30. The molecule has 0 bridgehead atoms. The molecular weight excluding hydrogens is 509 g/mol. The van der Waals surface area contributed by atoms with Gasteiger partial charge in [0.15, 0.2) is 0 Å². The van der Waals surface area contributed by atoms with E-state index in [2.05, 4.69) is 25.3 Å². The first-order valence-corrected chi connectivity index (χ1v) is 13.1. The van der Waals surface area contributed by atoms with E-state index in [9.17, 15) is 26.4 Å². The molecule has 35 heavy (non-hydrogen) atoms. The van der Waals surface area contributed by atoms with Crippen LogP contribution in [-0.2, 0) is 21.2 Å². The normalized spacial score (nSPS) is 16.6. The van der Waals surface area contributed by atoms with Crippen molar-refractivity contribution in [3.8, 4) is 0 Å². The molecule has 0 saturated carbocycles. The molecule has 2 heterocycles. The molecule has 15 heteroatoms. The molecule has 0 aliphatic carbocycles. The lowest BCUT2D eigenvalue weighted by atomic mass is 9.92. The maximum atomic E-state index is 13.1. The number of fused-ring (bicyclic) bond motifs is 1. The molecular formula is C20H25F3N6O4S2. The minimum Gasteiger partial charge on any atom is -0.461 e. The number of azo groups is 1. The number of benzene rings is 1. The fraction of sp³-hybridized carbons (Fsp3) is 0.550. The van der Waals surface area contributed by atoms with Crippen molar-refractivity contribution in [1.82, 2.24) is 10.2 Å². The molecule has 0 amide bonds. The summed E-state index contributed by atoms with van der Waals surface area (Å²) in [6, 6.07) is 3.06. The molecule has 1 aromatic heterocycles. The number of esters is 1. The van der Waals surface area contributed by atoms with E-state index in [1.165, 1.54) is 12.1 Å². The van der Waals surface area contributed by atoms with Gasteiger partial charge < -0.3 is 9.64 Å². The van der Waals surface area contributed by atoms with Gasteiger partial charge in [0, 0.05) is 17.8 Å². The van der Waals surface area contributed by atoms with E-state index in [1.807, 2.05) is 20.8 Å². The van der Waals surface area contributed by atoms with Crippen LogP contribution in [0.4, 0.5) is 35.4 Å². The molecule has 1 N–H and O–H groups in total. The fourth-order valence-electron chi connectivity index (χ4n) is 3.81. The number of hydrogen-bond acceptors (Lipinski definition) is 10. The maximum Gasteiger partial charge on any atom is 0.516 e.